The molecule has 0 radical (unpaired) electrons. The summed E-state index contributed by atoms with van der Waals surface area (Å²) >= 11 is 2.04. The smallest absolute Gasteiger partial charge is 0.265 e. The minimum Gasteiger partial charge on any atom is -0.482 e. The summed E-state index contributed by atoms with van der Waals surface area (Å²) in [5.74, 6) is 3.40. The number of anilines is 1. The van der Waals surface area contributed by atoms with Crippen LogP contribution in [0.15, 0.2) is 24.3 Å². The van der Waals surface area contributed by atoms with E-state index in [1.54, 1.807) is 0 Å². The van der Waals surface area contributed by atoms with Gasteiger partial charge in [-0.3, -0.25) is 4.79 Å². The van der Waals surface area contributed by atoms with Crippen molar-refractivity contribution in [1.82, 2.24) is 5.32 Å². The maximum Gasteiger partial charge on any atom is 0.265 e. The summed E-state index contributed by atoms with van der Waals surface area (Å²) in [6.45, 7) is 1.88. The summed E-state index contributed by atoms with van der Waals surface area (Å²) in [6.07, 6.45) is 3.57. The molecule has 2 heterocycles. The van der Waals surface area contributed by atoms with Gasteiger partial charge in [-0.1, -0.05) is 12.1 Å². The van der Waals surface area contributed by atoms with Gasteiger partial charge < -0.3 is 15.0 Å². The van der Waals surface area contributed by atoms with Crippen LogP contribution in [-0.4, -0.2) is 43.2 Å². The van der Waals surface area contributed by atoms with Gasteiger partial charge in [0.2, 0.25) is 0 Å². The van der Waals surface area contributed by atoms with Crippen LogP contribution in [0.1, 0.15) is 19.3 Å². The van der Waals surface area contributed by atoms with Gasteiger partial charge >= 0.3 is 0 Å². The van der Waals surface area contributed by atoms with Gasteiger partial charge in [0.05, 0.1) is 5.69 Å². The fourth-order valence-electron chi connectivity index (χ4n) is 2.84. The molecular formula is C16H22N2O2S. The summed E-state index contributed by atoms with van der Waals surface area (Å²) < 4.78 is 5.46. The fourth-order valence-corrected chi connectivity index (χ4v) is 3.95. The van der Waals surface area contributed by atoms with Crippen molar-refractivity contribution in [2.75, 3.05) is 36.1 Å². The zero-order chi connectivity index (χ0) is 14.5. The Kier molecular flexibility index (Phi) is 5.04. The summed E-state index contributed by atoms with van der Waals surface area (Å²) in [5, 5.41) is 3.61. The first-order valence-electron chi connectivity index (χ1n) is 7.68. The van der Waals surface area contributed by atoms with Crippen molar-refractivity contribution in [3.8, 4) is 5.75 Å². The molecule has 3 rings (SSSR count). The maximum absolute atomic E-state index is 12.0. The molecule has 0 bridgehead atoms. The third-order valence-electron chi connectivity index (χ3n) is 3.96. The van der Waals surface area contributed by atoms with Gasteiger partial charge in [-0.15, -0.1) is 0 Å². The van der Waals surface area contributed by atoms with E-state index in [0.717, 1.165) is 30.9 Å². The van der Waals surface area contributed by atoms with Crippen molar-refractivity contribution >= 4 is 23.4 Å². The number of carbonyl (C=O) groups is 1. The molecule has 1 amide bonds. The molecule has 0 saturated carbocycles. The molecule has 0 unspecified atom stereocenters. The molecule has 114 valence electrons. The van der Waals surface area contributed by atoms with Gasteiger partial charge in [-0.2, -0.15) is 11.8 Å². The van der Waals surface area contributed by atoms with E-state index in [1.165, 1.54) is 24.3 Å². The molecule has 0 spiro atoms. The Bertz CT molecular complexity index is 489. The Labute approximate surface area is 130 Å². The van der Waals surface area contributed by atoms with Crippen molar-refractivity contribution in [2.45, 2.75) is 25.3 Å². The fraction of sp³-hybridized carbons (Fsp3) is 0.562. The number of ether oxygens (including phenoxy) is 1. The normalized spacial score (nSPS) is 21.8. The topological polar surface area (TPSA) is 41.6 Å². The standard InChI is InChI=1S/C16H22N2O2S/c19-16-11-20-15-7-2-1-6-14(15)18(16)9-4-8-17-13-5-3-10-21-12-13/h1-2,6-7,13,17H,3-5,8-12H2/t13-/m1/s1. The first kappa shape index (κ1) is 14.7. The first-order chi connectivity index (χ1) is 10.3. The van der Waals surface area contributed by atoms with E-state index < -0.39 is 0 Å². The Morgan fingerprint density at radius 3 is 3.14 bits per heavy atom. The van der Waals surface area contributed by atoms with E-state index in [4.69, 9.17) is 4.74 Å². The molecule has 5 heteroatoms. The molecule has 0 aliphatic carbocycles. The lowest BCUT2D eigenvalue weighted by Gasteiger charge is -2.29. The lowest BCUT2D eigenvalue weighted by molar-refractivity contribution is -0.121. The zero-order valence-electron chi connectivity index (χ0n) is 12.2. The highest BCUT2D eigenvalue weighted by Gasteiger charge is 2.24. The molecule has 21 heavy (non-hydrogen) atoms. The van der Waals surface area contributed by atoms with E-state index in [1.807, 2.05) is 40.9 Å². The number of hydrogen-bond donors (Lipinski definition) is 1. The molecule has 1 aromatic rings. The number of rotatable bonds is 5. The van der Waals surface area contributed by atoms with Gasteiger partial charge in [0.15, 0.2) is 6.61 Å². The van der Waals surface area contributed by atoms with Crippen LogP contribution in [-0.2, 0) is 4.79 Å². The highest BCUT2D eigenvalue weighted by molar-refractivity contribution is 7.99. The van der Waals surface area contributed by atoms with E-state index >= 15 is 0 Å². The van der Waals surface area contributed by atoms with Gasteiger partial charge in [0.25, 0.3) is 5.91 Å². The van der Waals surface area contributed by atoms with Gasteiger partial charge in [-0.25, -0.2) is 0 Å². The second-order valence-corrected chi connectivity index (χ2v) is 6.67. The first-order valence-corrected chi connectivity index (χ1v) is 8.83. The lowest BCUT2D eigenvalue weighted by atomic mass is 10.2. The summed E-state index contributed by atoms with van der Waals surface area (Å²) in [5.41, 5.74) is 0.905. The third kappa shape index (κ3) is 3.71. The van der Waals surface area contributed by atoms with Crippen molar-refractivity contribution in [1.29, 1.82) is 0 Å². The number of benzene rings is 1. The predicted octanol–water partition coefficient (Wildman–Crippen LogP) is 2.29. The average Bonchev–Trinajstić information content (AvgIpc) is 2.54. The third-order valence-corrected chi connectivity index (χ3v) is 5.18. The number of nitrogens with zero attached hydrogens (tertiary/aromatic N) is 1. The molecule has 2 aliphatic heterocycles. The summed E-state index contributed by atoms with van der Waals surface area (Å²) in [6, 6.07) is 8.42. The summed E-state index contributed by atoms with van der Waals surface area (Å²) in [7, 11) is 0. The van der Waals surface area contributed by atoms with Crippen LogP contribution in [0.3, 0.4) is 0 Å². The zero-order valence-corrected chi connectivity index (χ0v) is 13.0. The van der Waals surface area contributed by atoms with Gasteiger partial charge in [-0.05, 0) is 43.7 Å². The number of carbonyl (C=O) groups excluding carboxylic acids is 1. The van der Waals surface area contributed by atoms with Crippen molar-refractivity contribution < 1.29 is 9.53 Å². The van der Waals surface area contributed by atoms with E-state index in [-0.39, 0.29) is 12.5 Å². The van der Waals surface area contributed by atoms with Crippen LogP contribution < -0.4 is 15.0 Å². The number of nitrogens with one attached hydrogen (secondary N) is 1. The van der Waals surface area contributed by atoms with Crippen molar-refractivity contribution in [3.05, 3.63) is 24.3 Å². The number of thioether (sulfide) groups is 1. The number of hydrogen-bond acceptors (Lipinski definition) is 4. The van der Waals surface area contributed by atoms with Crippen LogP contribution in [0.5, 0.6) is 5.75 Å². The highest BCUT2D eigenvalue weighted by Crippen LogP contribution is 2.31. The molecule has 1 fully saturated rings. The highest BCUT2D eigenvalue weighted by atomic mass is 32.2. The van der Waals surface area contributed by atoms with Crippen molar-refractivity contribution in [3.63, 3.8) is 0 Å². The monoisotopic (exact) mass is 306 g/mol. The molecule has 1 aromatic carbocycles. The summed E-state index contributed by atoms with van der Waals surface area (Å²) in [4.78, 5) is 13.9. The SMILES string of the molecule is O=C1COc2ccccc2N1CCCN[C@@H]1CCCSC1. The molecular weight excluding hydrogens is 284 g/mol. The molecule has 1 N–H and O–H groups in total. The Hall–Kier alpha value is -1.20. The Balaban J connectivity index is 1.49. The molecule has 1 atom stereocenters. The number of fused-ring (bicyclic) bond motifs is 1. The number of para-hydroxylation sites is 2. The quantitative estimate of drug-likeness (QED) is 0.848. The van der Waals surface area contributed by atoms with E-state index in [0.29, 0.717) is 6.04 Å². The van der Waals surface area contributed by atoms with E-state index in [2.05, 4.69) is 5.32 Å². The van der Waals surface area contributed by atoms with Crippen molar-refractivity contribution in [2.24, 2.45) is 0 Å². The minimum atomic E-state index is 0.0573. The van der Waals surface area contributed by atoms with Crippen LogP contribution in [0.2, 0.25) is 0 Å². The second kappa shape index (κ2) is 7.18. The maximum atomic E-state index is 12.0. The van der Waals surface area contributed by atoms with Crippen LogP contribution in [0.25, 0.3) is 0 Å². The van der Waals surface area contributed by atoms with E-state index in [9.17, 15) is 4.79 Å². The van der Waals surface area contributed by atoms with Crippen LogP contribution in [0.4, 0.5) is 5.69 Å². The number of amides is 1. The predicted molar refractivity (Wildman–Crippen MR) is 87.3 cm³/mol. The van der Waals surface area contributed by atoms with Crippen LogP contribution in [0, 0.1) is 0 Å². The minimum absolute atomic E-state index is 0.0573. The van der Waals surface area contributed by atoms with Crippen LogP contribution >= 0.6 is 11.8 Å². The lowest BCUT2D eigenvalue weighted by Crippen LogP contribution is -2.41. The van der Waals surface area contributed by atoms with Gasteiger partial charge in [0, 0.05) is 18.3 Å². The average molecular weight is 306 g/mol. The van der Waals surface area contributed by atoms with Gasteiger partial charge in [0.1, 0.15) is 5.75 Å². The largest absolute Gasteiger partial charge is 0.482 e. The molecule has 2 aliphatic rings. The Morgan fingerprint density at radius 1 is 1.38 bits per heavy atom. The molecule has 4 nitrogen and oxygen atoms in total. The molecule has 1 saturated heterocycles. The Morgan fingerprint density at radius 2 is 2.29 bits per heavy atom. The second-order valence-electron chi connectivity index (χ2n) is 5.52. The molecule has 0 aromatic heterocycles.